The molecule has 3 nitrogen and oxygen atoms in total. The van der Waals surface area contributed by atoms with Crippen molar-refractivity contribution in [3.63, 3.8) is 0 Å². The molecule has 13 heavy (non-hydrogen) atoms. The molecule has 0 aromatic heterocycles. The molecular weight excluding hydrogens is 281 g/mol. The fourth-order valence-corrected chi connectivity index (χ4v) is 2.45. The molecule has 4 heteroatoms. The Kier molecular flexibility index (Phi) is 2.24. The molecule has 1 aliphatic heterocycles. The van der Waals surface area contributed by atoms with Crippen LogP contribution in [-0.4, -0.2) is 19.7 Å². The maximum Gasteiger partial charge on any atom is 0.253 e. The number of amides is 1. The van der Waals surface area contributed by atoms with Gasteiger partial charge in [-0.1, -0.05) is 50.3 Å². The van der Waals surface area contributed by atoms with Crippen LogP contribution in [0.4, 0.5) is 0 Å². The first kappa shape index (κ1) is 11.2. The van der Waals surface area contributed by atoms with Crippen molar-refractivity contribution in [2.24, 2.45) is 10.8 Å². The average molecular weight is 297 g/mol. The molecule has 0 bridgehead atoms. The third kappa shape index (κ3) is 1.08. The monoisotopic (exact) mass is 297 g/mol. The molecule has 1 heterocycles. The van der Waals surface area contributed by atoms with Gasteiger partial charge in [0.05, 0.1) is 5.41 Å². The summed E-state index contributed by atoms with van der Waals surface area (Å²) in [5, 5.41) is 10.5. The van der Waals surface area contributed by atoms with Gasteiger partial charge >= 0.3 is 0 Å². The predicted molar refractivity (Wildman–Crippen MR) is 58.6 cm³/mol. The van der Waals surface area contributed by atoms with Gasteiger partial charge in [0, 0.05) is 5.41 Å². The molecule has 1 fully saturated rings. The van der Waals surface area contributed by atoms with Crippen molar-refractivity contribution in [1.82, 2.24) is 5.06 Å². The zero-order valence-electron chi connectivity index (χ0n) is 8.68. The number of hydroxylamine groups is 2. The van der Waals surface area contributed by atoms with Crippen LogP contribution >= 0.6 is 22.6 Å². The van der Waals surface area contributed by atoms with E-state index in [2.05, 4.69) is 22.6 Å². The van der Waals surface area contributed by atoms with Gasteiger partial charge in [-0.3, -0.25) is 10.0 Å². The number of halogens is 1. The summed E-state index contributed by atoms with van der Waals surface area (Å²) in [6.45, 7) is 9.65. The van der Waals surface area contributed by atoms with Crippen LogP contribution in [0.1, 0.15) is 34.6 Å². The van der Waals surface area contributed by atoms with Crippen molar-refractivity contribution in [3.8, 4) is 0 Å². The first-order chi connectivity index (χ1) is 5.57. The summed E-state index contributed by atoms with van der Waals surface area (Å²) in [5.41, 5.74) is -0.774. The van der Waals surface area contributed by atoms with Crippen molar-refractivity contribution in [1.29, 1.82) is 0 Å². The van der Waals surface area contributed by atoms with Crippen molar-refractivity contribution in [2.45, 2.75) is 38.2 Å². The molecule has 0 saturated carbocycles. The number of rotatable bonds is 0. The van der Waals surface area contributed by atoms with Gasteiger partial charge in [-0.2, -0.15) is 0 Å². The number of alkyl halides is 1. The standard InChI is InChI=1S/C9H16INO2/c1-7(2)6(12)11(13)9(5,10)8(7,3)4/h13H,1-5H3. The maximum atomic E-state index is 11.7. The normalized spacial score (nSPS) is 36.8. The van der Waals surface area contributed by atoms with Crippen LogP contribution in [0.2, 0.25) is 0 Å². The van der Waals surface area contributed by atoms with Gasteiger partial charge in [0.25, 0.3) is 5.91 Å². The largest absolute Gasteiger partial charge is 0.285 e. The summed E-state index contributed by atoms with van der Waals surface area (Å²) >= 11 is 2.13. The van der Waals surface area contributed by atoms with E-state index in [4.69, 9.17) is 0 Å². The molecule has 0 aromatic carbocycles. The summed E-state index contributed by atoms with van der Waals surface area (Å²) in [4.78, 5) is 11.7. The lowest BCUT2D eigenvalue weighted by molar-refractivity contribution is -0.170. The molecule has 1 aliphatic rings. The van der Waals surface area contributed by atoms with Crippen LogP contribution in [0.5, 0.6) is 0 Å². The Labute approximate surface area is 92.6 Å². The van der Waals surface area contributed by atoms with Crippen LogP contribution < -0.4 is 0 Å². The third-order valence-electron chi connectivity index (χ3n) is 3.83. The van der Waals surface area contributed by atoms with Crippen LogP contribution in [0.3, 0.4) is 0 Å². The highest BCUT2D eigenvalue weighted by Gasteiger charge is 2.64. The molecule has 1 unspecified atom stereocenters. The molecule has 76 valence electrons. The van der Waals surface area contributed by atoms with Crippen LogP contribution in [0, 0.1) is 10.8 Å². The van der Waals surface area contributed by atoms with E-state index in [9.17, 15) is 10.0 Å². The molecule has 0 radical (unpaired) electrons. The van der Waals surface area contributed by atoms with Crippen LogP contribution in [-0.2, 0) is 4.79 Å². The van der Waals surface area contributed by atoms with E-state index in [1.807, 2.05) is 34.6 Å². The topological polar surface area (TPSA) is 40.5 Å². The minimum atomic E-state index is -0.536. The zero-order valence-corrected chi connectivity index (χ0v) is 10.8. The van der Waals surface area contributed by atoms with Gasteiger partial charge in [0.2, 0.25) is 0 Å². The Bertz CT molecular complexity index is 258. The van der Waals surface area contributed by atoms with Gasteiger partial charge in [-0.05, 0) is 6.92 Å². The van der Waals surface area contributed by atoms with Crippen LogP contribution in [0.15, 0.2) is 0 Å². The number of carbonyl (C=O) groups excluding carboxylic acids is 1. The Hall–Kier alpha value is 0.160. The van der Waals surface area contributed by atoms with Gasteiger partial charge in [-0.25, -0.2) is 5.06 Å². The second-order valence-corrected chi connectivity index (χ2v) is 6.92. The molecule has 0 spiro atoms. The van der Waals surface area contributed by atoms with Crippen LogP contribution in [0.25, 0.3) is 0 Å². The zero-order chi connectivity index (χ0) is 10.7. The number of carbonyl (C=O) groups is 1. The second kappa shape index (κ2) is 2.59. The Morgan fingerprint density at radius 1 is 1.23 bits per heavy atom. The SMILES string of the molecule is CC1(C)C(=O)N(O)C(C)(I)C1(C)C. The number of hydrogen-bond acceptors (Lipinski definition) is 2. The smallest absolute Gasteiger partial charge is 0.253 e. The second-order valence-electron chi connectivity index (χ2n) is 4.82. The summed E-state index contributed by atoms with van der Waals surface area (Å²) < 4.78 is -0.536. The quantitative estimate of drug-likeness (QED) is 0.323. The lowest BCUT2D eigenvalue weighted by Gasteiger charge is -2.39. The molecule has 1 rings (SSSR count). The van der Waals surface area contributed by atoms with Gasteiger partial charge in [0.1, 0.15) is 3.55 Å². The van der Waals surface area contributed by atoms with Gasteiger partial charge in [0.15, 0.2) is 0 Å². The highest BCUT2D eigenvalue weighted by Crippen LogP contribution is 2.58. The van der Waals surface area contributed by atoms with E-state index < -0.39 is 8.96 Å². The van der Waals surface area contributed by atoms with E-state index >= 15 is 0 Å². The maximum absolute atomic E-state index is 11.7. The highest BCUT2D eigenvalue weighted by atomic mass is 127. The average Bonchev–Trinajstić information content (AvgIpc) is 2.05. The molecule has 0 aromatic rings. The van der Waals surface area contributed by atoms with Crippen molar-refractivity contribution < 1.29 is 10.0 Å². The lowest BCUT2D eigenvalue weighted by Crippen LogP contribution is -2.44. The lowest BCUT2D eigenvalue weighted by atomic mass is 9.67. The van der Waals surface area contributed by atoms with Crippen molar-refractivity contribution in [2.75, 3.05) is 0 Å². The highest BCUT2D eigenvalue weighted by molar-refractivity contribution is 14.1. The van der Waals surface area contributed by atoms with E-state index in [1.54, 1.807) is 0 Å². The predicted octanol–water partition coefficient (Wildman–Crippen LogP) is 2.42. The molecule has 1 atom stereocenters. The number of nitrogens with zero attached hydrogens (tertiary/aromatic N) is 1. The van der Waals surface area contributed by atoms with Gasteiger partial charge in [-0.15, -0.1) is 0 Å². The summed E-state index contributed by atoms with van der Waals surface area (Å²) in [7, 11) is 0. The fraction of sp³-hybridized carbons (Fsp3) is 0.889. The van der Waals surface area contributed by atoms with E-state index in [1.165, 1.54) is 0 Å². The summed E-state index contributed by atoms with van der Waals surface area (Å²) in [6, 6.07) is 0. The first-order valence-electron chi connectivity index (χ1n) is 4.29. The Morgan fingerprint density at radius 2 is 1.62 bits per heavy atom. The molecule has 1 saturated heterocycles. The van der Waals surface area contributed by atoms with E-state index in [0.29, 0.717) is 0 Å². The van der Waals surface area contributed by atoms with E-state index in [0.717, 1.165) is 5.06 Å². The van der Waals surface area contributed by atoms with Gasteiger partial charge < -0.3 is 0 Å². The molecule has 1 amide bonds. The molecule has 1 N–H and O–H groups in total. The van der Waals surface area contributed by atoms with E-state index in [-0.39, 0.29) is 11.3 Å². The third-order valence-corrected chi connectivity index (χ3v) is 5.63. The van der Waals surface area contributed by atoms with Crippen molar-refractivity contribution in [3.05, 3.63) is 0 Å². The molecule has 0 aliphatic carbocycles. The minimum absolute atomic E-state index is 0.200. The Morgan fingerprint density at radius 3 is 1.69 bits per heavy atom. The molecular formula is C9H16INO2. The van der Waals surface area contributed by atoms with Crippen molar-refractivity contribution >= 4 is 28.5 Å². The summed E-state index contributed by atoms with van der Waals surface area (Å²) in [5.74, 6) is -0.200. The Balaban J connectivity index is 3.31. The first-order valence-corrected chi connectivity index (χ1v) is 5.37. The number of hydrogen-bond donors (Lipinski definition) is 1. The fourth-order valence-electron chi connectivity index (χ4n) is 1.56. The minimum Gasteiger partial charge on any atom is -0.285 e. The summed E-state index contributed by atoms with van der Waals surface area (Å²) in [6.07, 6.45) is 0.